The molecule has 0 aliphatic carbocycles. The van der Waals surface area contributed by atoms with Crippen LogP contribution in [0.5, 0.6) is 11.5 Å². The first-order valence-corrected chi connectivity index (χ1v) is 6.42. The molecule has 0 unspecified atom stereocenters. The van der Waals surface area contributed by atoms with Gasteiger partial charge in [-0.15, -0.1) is 11.3 Å². The molecule has 1 N–H and O–H groups in total. The molecular formula is C13H15NO3S. The van der Waals surface area contributed by atoms with Gasteiger partial charge in [-0.1, -0.05) is 6.07 Å². The number of methoxy groups -OCH3 is 1. The minimum Gasteiger partial charge on any atom is -0.493 e. The number of hydrogen-bond acceptors (Lipinski definition) is 5. The summed E-state index contributed by atoms with van der Waals surface area (Å²) in [7, 11) is 1.59. The molecule has 0 bridgehead atoms. The van der Waals surface area contributed by atoms with Gasteiger partial charge in [0.15, 0.2) is 11.5 Å². The lowest BCUT2D eigenvalue weighted by atomic mass is 10.2. The van der Waals surface area contributed by atoms with Crippen LogP contribution in [0.4, 0.5) is 0 Å². The summed E-state index contributed by atoms with van der Waals surface area (Å²) in [6, 6.07) is 5.37. The minimum atomic E-state index is -0.0171. The molecule has 0 aliphatic rings. The summed E-state index contributed by atoms with van der Waals surface area (Å²) in [5.74, 6) is 1.28. The second kappa shape index (κ2) is 5.84. The molecule has 0 atom stereocenters. The fraction of sp³-hybridized carbons (Fsp3) is 0.308. The Morgan fingerprint density at radius 2 is 2.17 bits per heavy atom. The van der Waals surface area contributed by atoms with Crippen molar-refractivity contribution in [2.45, 2.75) is 20.1 Å². The highest BCUT2D eigenvalue weighted by Gasteiger charge is 2.07. The monoisotopic (exact) mass is 265 g/mol. The van der Waals surface area contributed by atoms with Crippen molar-refractivity contribution in [2.75, 3.05) is 7.11 Å². The van der Waals surface area contributed by atoms with Crippen molar-refractivity contribution in [1.82, 2.24) is 4.98 Å². The standard InChI is InChI=1S/C13H15NO3S/c1-9-8-18-13(14-9)7-17-12-5-10(6-15)3-4-11(12)16-2/h3-5,8,15H,6-7H2,1-2H3. The Morgan fingerprint density at radius 3 is 2.78 bits per heavy atom. The van der Waals surface area contributed by atoms with E-state index in [9.17, 15) is 0 Å². The van der Waals surface area contributed by atoms with E-state index < -0.39 is 0 Å². The first kappa shape index (κ1) is 12.9. The molecule has 0 spiro atoms. The molecule has 0 fully saturated rings. The van der Waals surface area contributed by atoms with Crippen molar-refractivity contribution < 1.29 is 14.6 Å². The topological polar surface area (TPSA) is 51.6 Å². The van der Waals surface area contributed by atoms with Gasteiger partial charge in [0, 0.05) is 11.1 Å². The number of aryl methyl sites for hydroxylation is 1. The number of nitrogens with zero attached hydrogens (tertiary/aromatic N) is 1. The minimum absolute atomic E-state index is 0.0171. The van der Waals surface area contributed by atoms with Gasteiger partial charge in [0.1, 0.15) is 11.6 Å². The van der Waals surface area contributed by atoms with Crippen molar-refractivity contribution >= 4 is 11.3 Å². The number of aliphatic hydroxyl groups is 1. The van der Waals surface area contributed by atoms with E-state index in [1.165, 1.54) is 0 Å². The van der Waals surface area contributed by atoms with Gasteiger partial charge in [0.05, 0.1) is 13.7 Å². The molecule has 5 heteroatoms. The van der Waals surface area contributed by atoms with E-state index in [4.69, 9.17) is 14.6 Å². The maximum absolute atomic E-state index is 9.11. The lowest BCUT2D eigenvalue weighted by Crippen LogP contribution is -1.98. The average Bonchev–Trinajstić information content (AvgIpc) is 2.81. The Labute approximate surface area is 110 Å². The highest BCUT2D eigenvalue weighted by atomic mass is 32.1. The third-order valence-electron chi connectivity index (χ3n) is 2.43. The lowest BCUT2D eigenvalue weighted by molar-refractivity contribution is 0.271. The molecule has 0 aliphatic heterocycles. The Balaban J connectivity index is 2.11. The van der Waals surface area contributed by atoms with Crippen LogP contribution in [0.3, 0.4) is 0 Å². The summed E-state index contributed by atoms with van der Waals surface area (Å²) in [6.07, 6.45) is 0. The molecule has 18 heavy (non-hydrogen) atoms. The van der Waals surface area contributed by atoms with Crippen LogP contribution in [0.15, 0.2) is 23.6 Å². The van der Waals surface area contributed by atoms with Crippen LogP contribution in [0.2, 0.25) is 0 Å². The molecular weight excluding hydrogens is 250 g/mol. The van der Waals surface area contributed by atoms with Crippen LogP contribution < -0.4 is 9.47 Å². The molecule has 0 amide bonds. The zero-order valence-electron chi connectivity index (χ0n) is 10.3. The molecule has 1 aromatic heterocycles. The fourth-order valence-corrected chi connectivity index (χ4v) is 2.22. The van der Waals surface area contributed by atoms with Crippen LogP contribution in [-0.2, 0) is 13.2 Å². The number of thiazole rings is 1. The van der Waals surface area contributed by atoms with E-state index in [-0.39, 0.29) is 6.61 Å². The first-order chi connectivity index (χ1) is 8.72. The SMILES string of the molecule is COc1ccc(CO)cc1OCc1nc(C)cs1. The predicted molar refractivity (Wildman–Crippen MR) is 70.1 cm³/mol. The van der Waals surface area contributed by atoms with Crippen LogP contribution in [0, 0.1) is 6.92 Å². The van der Waals surface area contributed by atoms with E-state index in [0.29, 0.717) is 18.1 Å². The molecule has 96 valence electrons. The maximum atomic E-state index is 9.11. The summed E-state index contributed by atoms with van der Waals surface area (Å²) < 4.78 is 10.9. The Bertz CT molecular complexity index is 525. The van der Waals surface area contributed by atoms with E-state index in [1.54, 1.807) is 36.6 Å². The second-order valence-corrected chi connectivity index (χ2v) is 4.76. The van der Waals surface area contributed by atoms with Crippen molar-refractivity contribution in [3.63, 3.8) is 0 Å². The normalized spacial score (nSPS) is 10.4. The van der Waals surface area contributed by atoms with Crippen molar-refractivity contribution in [2.24, 2.45) is 0 Å². The zero-order valence-corrected chi connectivity index (χ0v) is 11.2. The molecule has 0 saturated carbocycles. The summed E-state index contributed by atoms with van der Waals surface area (Å²) in [6.45, 7) is 2.34. The lowest BCUT2D eigenvalue weighted by Gasteiger charge is -2.10. The quantitative estimate of drug-likeness (QED) is 0.902. The average molecular weight is 265 g/mol. The Kier molecular flexibility index (Phi) is 4.17. The van der Waals surface area contributed by atoms with Crippen molar-refractivity contribution in [1.29, 1.82) is 0 Å². The van der Waals surface area contributed by atoms with Gasteiger partial charge in [-0.25, -0.2) is 4.98 Å². The molecule has 0 radical (unpaired) electrons. The number of hydrogen-bond donors (Lipinski definition) is 1. The number of benzene rings is 1. The van der Waals surface area contributed by atoms with Gasteiger partial charge in [-0.05, 0) is 24.6 Å². The van der Waals surface area contributed by atoms with Crippen molar-refractivity contribution in [3.05, 3.63) is 39.8 Å². The third-order valence-corrected chi connectivity index (χ3v) is 3.37. The van der Waals surface area contributed by atoms with Crippen LogP contribution in [-0.4, -0.2) is 17.2 Å². The number of rotatable bonds is 5. The zero-order chi connectivity index (χ0) is 13.0. The van der Waals surface area contributed by atoms with Gasteiger partial charge in [-0.3, -0.25) is 0 Å². The highest BCUT2D eigenvalue weighted by Crippen LogP contribution is 2.29. The van der Waals surface area contributed by atoms with Crippen molar-refractivity contribution in [3.8, 4) is 11.5 Å². The summed E-state index contributed by atoms with van der Waals surface area (Å²) in [5.41, 5.74) is 1.79. The molecule has 1 aromatic carbocycles. The largest absolute Gasteiger partial charge is 0.493 e. The summed E-state index contributed by atoms with van der Waals surface area (Å²) >= 11 is 1.57. The second-order valence-electron chi connectivity index (χ2n) is 3.81. The number of aliphatic hydroxyl groups excluding tert-OH is 1. The predicted octanol–water partition coefficient (Wildman–Crippen LogP) is 2.53. The Morgan fingerprint density at radius 1 is 1.33 bits per heavy atom. The van der Waals surface area contributed by atoms with Gasteiger partial charge in [0.25, 0.3) is 0 Å². The molecule has 2 aromatic rings. The van der Waals surface area contributed by atoms with E-state index in [0.717, 1.165) is 16.3 Å². The third kappa shape index (κ3) is 3.00. The van der Waals surface area contributed by atoms with Gasteiger partial charge in [0.2, 0.25) is 0 Å². The molecule has 2 rings (SSSR count). The Hall–Kier alpha value is -1.59. The maximum Gasteiger partial charge on any atom is 0.162 e. The first-order valence-electron chi connectivity index (χ1n) is 5.54. The van der Waals surface area contributed by atoms with Gasteiger partial charge < -0.3 is 14.6 Å². The van der Waals surface area contributed by atoms with Crippen LogP contribution in [0.1, 0.15) is 16.3 Å². The van der Waals surface area contributed by atoms with E-state index >= 15 is 0 Å². The fourth-order valence-electron chi connectivity index (χ4n) is 1.54. The number of ether oxygens (including phenoxy) is 2. The number of aromatic nitrogens is 1. The molecule has 0 saturated heterocycles. The highest BCUT2D eigenvalue weighted by molar-refractivity contribution is 7.09. The van der Waals surface area contributed by atoms with E-state index in [1.807, 2.05) is 12.3 Å². The smallest absolute Gasteiger partial charge is 0.162 e. The molecule has 4 nitrogen and oxygen atoms in total. The van der Waals surface area contributed by atoms with Gasteiger partial charge in [-0.2, -0.15) is 0 Å². The van der Waals surface area contributed by atoms with Gasteiger partial charge >= 0.3 is 0 Å². The molecule has 1 heterocycles. The summed E-state index contributed by atoms with van der Waals surface area (Å²) in [5, 5.41) is 12.0. The van der Waals surface area contributed by atoms with E-state index in [2.05, 4.69) is 4.98 Å². The van der Waals surface area contributed by atoms with Crippen LogP contribution in [0.25, 0.3) is 0 Å². The summed E-state index contributed by atoms with van der Waals surface area (Å²) in [4.78, 5) is 4.33. The van der Waals surface area contributed by atoms with Crippen LogP contribution >= 0.6 is 11.3 Å².